The van der Waals surface area contributed by atoms with Crippen LogP contribution < -0.4 is 15.0 Å². The largest absolute Gasteiger partial charge is 0.497 e. The third kappa shape index (κ3) is 5.64. The fourth-order valence-electron chi connectivity index (χ4n) is 3.11. The van der Waals surface area contributed by atoms with Crippen LogP contribution in [-0.4, -0.2) is 48.5 Å². The highest BCUT2D eigenvalue weighted by atomic mass is 32.2. The molecule has 2 aromatic carbocycles. The molecule has 0 bridgehead atoms. The molecule has 9 heteroatoms. The highest BCUT2D eigenvalue weighted by Gasteiger charge is 2.31. The first-order chi connectivity index (χ1) is 14.9. The second kappa shape index (κ2) is 10.1. The van der Waals surface area contributed by atoms with E-state index >= 15 is 0 Å². The number of carbonyl (C=O) groups excluding carboxylic acids is 4. The molecule has 1 heterocycles. The first-order valence-electron chi connectivity index (χ1n) is 9.63. The normalized spacial score (nSPS) is 15.4. The topological polar surface area (TPSA) is 102 Å². The van der Waals surface area contributed by atoms with E-state index < -0.39 is 11.2 Å². The summed E-state index contributed by atoms with van der Waals surface area (Å²) in [5.74, 6) is -0.634. The molecule has 0 radical (unpaired) electrons. The number of anilines is 1. The minimum absolute atomic E-state index is 0.207. The highest BCUT2D eigenvalue weighted by molar-refractivity contribution is 8.15. The maximum absolute atomic E-state index is 13.3. The van der Waals surface area contributed by atoms with Crippen molar-refractivity contribution in [2.75, 3.05) is 25.2 Å². The lowest BCUT2D eigenvalue weighted by Gasteiger charge is -2.22. The van der Waals surface area contributed by atoms with E-state index in [9.17, 15) is 19.2 Å². The van der Waals surface area contributed by atoms with Crippen LogP contribution in [0.4, 0.5) is 10.5 Å². The number of benzene rings is 2. The van der Waals surface area contributed by atoms with Crippen LogP contribution >= 0.6 is 11.8 Å². The number of thioether (sulfide) groups is 1. The average molecular weight is 442 g/mol. The summed E-state index contributed by atoms with van der Waals surface area (Å²) in [7, 11) is 1.54. The first-order valence-corrected chi connectivity index (χ1v) is 10.5. The average Bonchev–Trinajstić information content (AvgIpc) is 3.08. The minimum atomic E-state index is -0.532. The lowest BCUT2D eigenvalue weighted by atomic mass is 10.0. The van der Waals surface area contributed by atoms with Crippen LogP contribution in [0.25, 0.3) is 0 Å². The molecule has 31 heavy (non-hydrogen) atoms. The second-order valence-corrected chi connectivity index (χ2v) is 7.86. The molecule has 1 fully saturated rings. The van der Waals surface area contributed by atoms with Gasteiger partial charge >= 0.3 is 5.97 Å². The predicted molar refractivity (Wildman–Crippen MR) is 116 cm³/mol. The van der Waals surface area contributed by atoms with Crippen molar-refractivity contribution in [3.05, 3.63) is 59.7 Å². The van der Waals surface area contributed by atoms with E-state index in [1.807, 2.05) is 0 Å². The molecule has 1 atom stereocenters. The number of amides is 3. The van der Waals surface area contributed by atoms with Gasteiger partial charge in [-0.2, -0.15) is 0 Å². The van der Waals surface area contributed by atoms with Gasteiger partial charge in [-0.05, 0) is 55.3 Å². The Morgan fingerprint density at radius 2 is 1.87 bits per heavy atom. The molecule has 1 unspecified atom stereocenters. The number of imide groups is 1. The Balaban J connectivity index is 1.85. The summed E-state index contributed by atoms with van der Waals surface area (Å²) in [4.78, 5) is 50.0. The fourth-order valence-corrected chi connectivity index (χ4v) is 3.97. The summed E-state index contributed by atoms with van der Waals surface area (Å²) in [6.45, 7) is 1.65. The first kappa shape index (κ1) is 22.4. The zero-order chi connectivity index (χ0) is 22.4. The summed E-state index contributed by atoms with van der Waals surface area (Å²) in [6.07, 6.45) is 0.309. The number of hydrogen-bond donors (Lipinski definition) is 1. The zero-order valence-corrected chi connectivity index (χ0v) is 17.9. The molecule has 1 saturated heterocycles. The molecule has 1 aliphatic rings. The molecule has 2 aromatic rings. The second-order valence-electron chi connectivity index (χ2n) is 6.68. The third-order valence-corrected chi connectivity index (χ3v) is 5.57. The molecule has 162 valence electrons. The summed E-state index contributed by atoms with van der Waals surface area (Å²) >= 11 is 0.935. The van der Waals surface area contributed by atoms with Crippen LogP contribution in [0.3, 0.4) is 0 Å². The van der Waals surface area contributed by atoms with Gasteiger partial charge in [0.25, 0.3) is 11.1 Å². The van der Waals surface area contributed by atoms with Gasteiger partial charge in [0.05, 0.1) is 19.0 Å². The Kier molecular flexibility index (Phi) is 7.30. The number of esters is 1. The lowest BCUT2D eigenvalue weighted by molar-refractivity contribution is -0.141. The molecule has 1 aliphatic heterocycles. The van der Waals surface area contributed by atoms with Gasteiger partial charge in [-0.15, -0.1) is 0 Å². The number of nitrogens with one attached hydrogen (secondary N) is 1. The molecule has 3 rings (SSSR count). The van der Waals surface area contributed by atoms with Crippen LogP contribution in [0.1, 0.15) is 22.8 Å². The molecular formula is C22H22N2O6S. The van der Waals surface area contributed by atoms with Gasteiger partial charge in [0, 0.05) is 11.3 Å². The molecule has 0 spiro atoms. The Morgan fingerprint density at radius 3 is 2.48 bits per heavy atom. The van der Waals surface area contributed by atoms with E-state index in [-0.39, 0.29) is 30.2 Å². The quantitative estimate of drug-likeness (QED) is 0.627. The van der Waals surface area contributed by atoms with Gasteiger partial charge < -0.3 is 9.47 Å². The van der Waals surface area contributed by atoms with Gasteiger partial charge in [0.2, 0.25) is 5.91 Å². The number of rotatable bonds is 8. The van der Waals surface area contributed by atoms with Crippen LogP contribution in [0.2, 0.25) is 0 Å². The van der Waals surface area contributed by atoms with Gasteiger partial charge in [0.1, 0.15) is 12.3 Å². The van der Waals surface area contributed by atoms with Crippen molar-refractivity contribution in [2.45, 2.75) is 18.6 Å². The third-order valence-electron chi connectivity index (χ3n) is 4.58. The fraction of sp³-hybridized carbons (Fsp3) is 0.273. The van der Waals surface area contributed by atoms with Crippen LogP contribution in [-0.2, 0) is 20.7 Å². The molecule has 0 aliphatic carbocycles. The van der Waals surface area contributed by atoms with Crippen molar-refractivity contribution in [1.29, 1.82) is 0 Å². The number of carbonyl (C=O) groups is 4. The van der Waals surface area contributed by atoms with E-state index in [1.165, 1.54) is 4.90 Å². The van der Waals surface area contributed by atoms with Gasteiger partial charge in [-0.1, -0.05) is 23.9 Å². The predicted octanol–water partition coefficient (Wildman–Crippen LogP) is 2.80. The van der Waals surface area contributed by atoms with Gasteiger partial charge in [0.15, 0.2) is 0 Å². The molecule has 1 N–H and O–H groups in total. The van der Waals surface area contributed by atoms with Crippen molar-refractivity contribution in [3.63, 3.8) is 0 Å². The van der Waals surface area contributed by atoms with Crippen molar-refractivity contribution in [2.24, 2.45) is 0 Å². The van der Waals surface area contributed by atoms with E-state index in [4.69, 9.17) is 9.47 Å². The molecule has 8 nitrogen and oxygen atoms in total. The highest BCUT2D eigenvalue weighted by Crippen LogP contribution is 2.25. The van der Waals surface area contributed by atoms with E-state index in [2.05, 4.69) is 5.32 Å². The van der Waals surface area contributed by atoms with Crippen molar-refractivity contribution in [1.82, 2.24) is 5.32 Å². The Hall–Kier alpha value is -3.33. The number of hydrogen-bond acceptors (Lipinski definition) is 7. The maximum Gasteiger partial charge on any atom is 0.326 e. The number of ether oxygens (including phenoxy) is 2. The summed E-state index contributed by atoms with van der Waals surface area (Å²) in [5.41, 5.74) is 1.60. The number of nitrogens with zero attached hydrogens (tertiary/aromatic N) is 1. The van der Waals surface area contributed by atoms with E-state index in [1.54, 1.807) is 62.6 Å². The zero-order valence-electron chi connectivity index (χ0n) is 17.1. The van der Waals surface area contributed by atoms with Crippen LogP contribution in [0.15, 0.2) is 48.5 Å². The Bertz CT molecular complexity index is 992. The molecule has 3 amide bonds. The molecular weight excluding hydrogens is 420 g/mol. The lowest BCUT2D eigenvalue weighted by Crippen LogP contribution is -2.36. The maximum atomic E-state index is 13.3. The minimum Gasteiger partial charge on any atom is -0.497 e. The van der Waals surface area contributed by atoms with Gasteiger partial charge in [-0.25, -0.2) is 0 Å². The standard InChI is InChI=1S/C22H22N2O6S/c1-3-30-19(25)13-24(16-7-9-17(29-2)10-8-16)21(27)15-6-4-5-14(11-15)12-18-20(26)23-22(28)31-18/h4-11,18H,3,12-13H2,1-2H3,(H,23,26,28). The van der Waals surface area contributed by atoms with Crippen LogP contribution in [0.5, 0.6) is 5.75 Å². The van der Waals surface area contributed by atoms with Crippen molar-refractivity contribution < 1.29 is 28.7 Å². The van der Waals surface area contributed by atoms with Crippen molar-refractivity contribution in [3.8, 4) is 5.75 Å². The van der Waals surface area contributed by atoms with Gasteiger partial charge in [-0.3, -0.25) is 29.4 Å². The Morgan fingerprint density at radius 1 is 1.13 bits per heavy atom. The van der Waals surface area contributed by atoms with Crippen LogP contribution in [0, 0.1) is 0 Å². The summed E-state index contributed by atoms with van der Waals surface area (Å²) < 4.78 is 10.2. The monoisotopic (exact) mass is 442 g/mol. The summed E-state index contributed by atoms with van der Waals surface area (Å²) in [6, 6.07) is 13.6. The summed E-state index contributed by atoms with van der Waals surface area (Å²) in [5, 5.41) is 1.35. The van der Waals surface area contributed by atoms with E-state index in [0.717, 1.165) is 17.3 Å². The van der Waals surface area contributed by atoms with Crippen molar-refractivity contribution >= 4 is 40.5 Å². The number of methoxy groups -OCH3 is 1. The van der Waals surface area contributed by atoms with E-state index in [0.29, 0.717) is 23.4 Å². The Labute approximate surface area is 183 Å². The molecule has 0 saturated carbocycles. The smallest absolute Gasteiger partial charge is 0.326 e. The molecule has 0 aromatic heterocycles. The SMILES string of the molecule is CCOC(=O)CN(C(=O)c1cccc(CC2SC(=O)NC2=O)c1)c1ccc(OC)cc1.